The second-order valence-electron chi connectivity index (χ2n) is 18.0. The lowest BCUT2D eigenvalue weighted by molar-refractivity contribution is -0.346. The number of aliphatic hydroxyl groups excluding tert-OH is 3. The van der Waals surface area contributed by atoms with Gasteiger partial charge in [-0.05, 0) is 48.3 Å². The van der Waals surface area contributed by atoms with E-state index >= 15 is 0 Å². The van der Waals surface area contributed by atoms with Crippen molar-refractivity contribution in [1.82, 2.24) is 5.32 Å². The molecule has 2 saturated carbocycles. The second-order valence-corrected chi connectivity index (χ2v) is 18.0. The molecule has 66 heavy (non-hydrogen) atoms. The van der Waals surface area contributed by atoms with Crippen molar-refractivity contribution < 1.29 is 78.0 Å². The third-order valence-corrected chi connectivity index (χ3v) is 13.8. The van der Waals surface area contributed by atoms with Crippen LogP contribution < -0.4 is 5.32 Å². The molecule has 1 saturated heterocycles. The number of amides is 1. The zero-order valence-electron chi connectivity index (χ0n) is 37.5. The van der Waals surface area contributed by atoms with Gasteiger partial charge in [-0.1, -0.05) is 99.6 Å². The van der Waals surface area contributed by atoms with Crippen LogP contribution in [0.4, 0.5) is 4.79 Å². The molecular weight excluding hydrogens is 859 g/mol. The highest BCUT2D eigenvalue weighted by molar-refractivity contribution is 5.94. The average molecular weight is 916 g/mol. The zero-order valence-corrected chi connectivity index (χ0v) is 37.5. The Labute approximate surface area is 381 Å². The van der Waals surface area contributed by atoms with E-state index in [9.17, 15) is 49.2 Å². The van der Waals surface area contributed by atoms with Crippen molar-refractivity contribution in [2.75, 3.05) is 13.2 Å². The van der Waals surface area contributed by atoms with Crippen molar-refractivity contribution in [3.8, 4) is 0 Å². The van der Waals surface area contributed by atoms with Gasteiger partial charge in [0.1, 0.15) is 43.2 Å². The Morgan fingerprint density at radius 3 is 2.05 bits per heavy atom. The molecule has 0 aromatic heterocycles. The molecule has 1 amide bonds. The standard InChI is InChI=1S/C39H46O12.C10H11NO4/c1-20(23-13-9-7-10-14-23)29(42)35(46)49-25-18-39(47)33(50-34(45)24-15-11-8-12-16-24)31-37(6,32(44)30(43)28(21(25)2)36(39,4)5)26(41)17-27-38(31,19-48-27)51-22(3)40;12-9(13)6-11-10(14)15-7-8-4-2-1-3-5-8/h7-16,20,25-27,29-31,33,41-43,47H,17-19H2,1-6H3;1-5H,6-7H2,(H,11,14)(H,12,13)/t20-,25-,26-,27+,29+,30+,31-,33-,37+,38-,39+;/m0./s1. The van der Waals surface area contributed by atoms with Gasteiger partial charge in [-0.3, -0.25) is 14.4 Å². The maximum absolute atomic E-state index is 14.8. The average Bonchev–Trinajstić information content (AvgIpc) is 3.29. The number of hydrogen-bond donors (Lipinski definition) is 6. The molecule has 354 valence electrons. The number of esters is 3. The van der Waals surface area contributed by atoms with Crippen LogP contribution in [0.2, 0.25) is 0 Å². The molecule has 2 bridgehead atoms. The molecule has 3 aromatic rings. The van der Waals surface area contributed by atoms with Gasteiger partial charge in [-0.2, -0.15) is 0 Å². The summed E-state index contributed by atoms with van der Waals surface area (Å²) in [5.74, 6) is -6.69. The number of rotatable bonds is 11. The van der Waals surface area contributed by atoms with Gasteiger partial charge in [0.15, 0.2) is 17.5 Å². The number of nitrogens with one attached hydrogen (secondary N) is 1. The number of hydrogen-bond acceptors (Lipinski definition) is 15. The molecule has 4 aliphatic rings. The fourth-order valence-corrected chi connectivity index (χ4v) is 10.0. The molecule has 3 fully saturated rings. The van der Waals surface area contributed by atoms with Crippen LogP contribution in [-0.4, -0.2) is 122 Å². The quantitative estimate of drug-likeness (QED) is 0.0908. The van der Waals surface area contributed by atoms with Crippen molar-refractivity contribution in [3.63, 3.8) is 0 Å². The smallest absolute Gasteiger partial charge is 0.407 e. The Kier molecular flexibility index (Phi) is 14.6. The molecular formula is C49H57NO16. The van der Waals surface area contributed by atoms with Crippen LogP contribution in [0.25, 0.3) is 0 Å². The number of aliphatic hydroxyl groups is 4. The maximum Gasteiger partial charge on any atom is 0.407 e. The highest BCUT2D eigenvalue weighted by Crippen LogP contribution is 2.64. The van der Waals surface area contributed by atoms with E-state index in [0.29, 0.717) is 5.56 Å². The lowest BCUT2D eigenvalue weighted by atomic mass is 9.44. The summed E-state index contributed by atoms with van der Waals surface area (Å²) in [6.07, 6.45) is -10.3. The Hall–Kier alpha value is -5.98. The highest BCUT2D eigenvalue weighted by Gasteiger charge is 2.78. The van der Waals surface area contributed by atoms with Crippen molar-refractivity contribution in [1.29, 1.82) is 0 Å². The lowest BCUT2D eigenvalue weighted by Crippen LogP contribution is -2.81. The molecule has 7 rings (SSSR count). The number of ketones is 1. The molecule has 3 aromatic carbocycles. The van der Waals surface area contributed by atoms with Gasteiger partial charge in [-0.15, -0.1) is 0 Å². The summed E-state index contributed by atoms with van der Waals surface area (Å²) in [5.41, 5.74) is -5.47. The first-order chi connectivity index (χ1) is 31.1. The van der Waals surface area contributed by atoms with E-state index in [-0.39, 0.29) is 36.3 Å². The van der Waals surface area contributed by atoms with Crippen LogP contribution in [0.5, 0.6) is 0 Å². The van der Waals surface area contributed by atoms with Gasteiger partial charge >= 0.3 is 30.0 Å². The van der Waals surface area contributed by atoms with E-state index in [1.54, 1.807) is 76.2 Å². The summed E-state index contributed by atoms with van der Waals surface area (Å²) in [4.78, 5) is 76.1. The number of ether oxygens (including phenoxy) is 5. The third kappa shape index (κ3) is 9.22. The van der Waals surface area contributed by atoms with Crippen LogP contribution in [0, 0.1) is 16.7 Å². The molecule has 0 unspecified atom stereocenters. The molecule has 1 aliphatic heterocycles. The lowest BCUT2D eigenvalue weighted by Gasteiger charge is -2.67. The van der Waals surface area contributed by atoms with E-state index in [4.69, 9.17) is 28.8 Å². The van der Waals surface area contributed by atoms with Crippen LogP contribution >= 0.6 is 0 Å². The fourth-order valence-electron chi connectivity index (χ4n) is 10.0. The van der Waals surface area contributed by atoms with Gasteiger partial charge < -0.3 is 54.5 Å². The summed E-state index contributed by atoms with van der Waals surface area (Å²) < 4.78 is 28.8. The highest BCUT2D eigenvalue weighted by atomic mass is 16.6. The van der Waals surface area contributed by atoms with Crippen LogP contribution in [-0.2, 0) is 49.5 Å². The Bertz CT molecular complexity index is 2320. The SMILES string of the molecule is CC(=O)O[C@@]12CO[C@@H]1C[C@H](O)[C@@]1(C)C(=O)[C@H](O)C3=C(C)[C@@H](OC(=O)[C@H](O)[C@@H](C)c4ccccc4)C[C@@](O)([C@@H](OC(=O)c4ccccc4)[C@H]21)C3(C)C.O=C(O)CNC(=O)OCc1ccccc1. The van der Waals surface area contributed by atoms with Gasteiger partial charge in [0.05, 0.1) is 29.6 Å². The minimum Gasteiger partial charge on any atom is -0.480 e. The zero-order chi connectivity index (χ0) is 48.4. The Balaban J connectivity index is 0.000000408. The van der Waals surface area contributed by atoms with Crippen LogP contribution in [0.1, 0.15) is 81.8 Å². The molecule has 3 aliphatic carbocycles. The summed E-state index contributed by atoms with van der Waals surface area (Å²) >= 11 is 0. The summed E-state index contributed by atoms with van der Waals surface area (Å²) in [7, 11) is 0. The van der Waals surface area contributed by atoms with Gasteiger partial charge in [-0.25, -0.2) is 14.4 Å². The Morgan fingerprint density at radius 1 is 0.894 bits per heavy atom. The third-order valence-electron chi connectivity index (χ3n) is 13.8. The number of carbonyl (C=O) groups is 6. The van der Waals surface area contributed by atoms with Crippen molar-refractivity contribution in [3.05, 3.63) is 119 Å². The first-order valence-corrected chi connectivity index (χ1v) is 21.6. The van der Waals surface area contributed by atoms with Crippen LogP contribution in [0.15, 0.2) is 102 Å². The second kappa shape index (κ2) is 19.5. The van der Waals surface area contributed by atoms with E-state index in [1.807, 2.05) is 30.3 Å². The van der Waals surface area contributed by atoms with Crippen molar-refractivity contribution in [2.45, 2.75) is 115 Å². The predicted octanol–water partition coefficient (Wildman–Crippen LogP) is 3.79. The molecule has 0 spiro atoms. The van der Waals surface area contributed by atoms with E-state index in [2.05, 4.69) is 5.32 Å². The molecule has 1 heterocycles. The molecule has 11 atom stereocenters. The number of fused-ring (bicyclic) bond motifs is 5. The van der Waals surface area contributed by atoms with Gasteiger partial charge in [0, 0.05) is 31.1 Å². The maximum atomic E-state index is 14.8. The summed E-state index contributed by atoms with van der Waals surface area (Å²) in [6, 6.07) is 26.0. The monoisotopic (exact) mass is 915 g/mol. The van der Waals surface area contributed by atoms with E-state index in [0.717, 1.165) is 5.56 Å². The van der Waals surface area contributed by atoms with E-state index < -0.39 is 119 Å². The molecule has 0 radical (unpaired) electrons. The first kappa shape index (κ1) is 49.5. The largest absolute Gasteiger partial charge is 0.480 e. The number of alkyl carbamates (subject to hydrolysis) is 1. The van der Waals surface area contributed by atoms with Crippen LogP contribution in [0.3, 0.4) is 0 Å². The predicted molar refractivity (Wildman–Crippen MR) is 232 cm³/mol. The number of carbonyl (C=O) groups excluding carboxylic acids is 5. The normalized spacial score (nSPS) is 30.4. The van der Waals surface area contributed by atoms with E-state index in [1.165, 1.54) is 26.0 Å². The van der Waals surface area contributed by atoms with Crippen molar-refractivity contribution >= 4 is 35.8 Å². The number of benzene rings is 3. The molecule has 17 heteroatoms. The first-order valence-electron chi connectivity index (χ1n) is 21.6. The minimum atomic E-state index is -2.24. The topological polar surface area (TPSA) is 262 Å². The number of aliphatic carboxylic acids is 1. The van der Waals surface area contributed by atoms with Gasteiger partial charge in [0.25, 0.3) is 0 Å². The minimum absolute atomic E-state index is 0.0193. The number of carboxylic acid groups (broad SMARTS) is 1. The summed E-state index contributed by atoms with van der Waals surface area (Å²) in [6.45, 7) is 8.46. The molecule has 6 N–H and O–H groups in total. The Morgan fingerprint density at radius 2 is 1.48 bits per heavy atom. The number of Topliss-reactive ketones (excluding diaryl/α,β-unsaturated/α-hetero) is 1. The fraction of sp³-hybridized carbons (Fsp3) is 0.469. The van der Waals surface area contributed by atoms with Gasteiger partial charge in [0.2, 0.25) is 0 Å². The van der Waals surface area contributed by atoms with Crippen molar-refractivity contribution in [2.24, 2.45) is 16.7 Å². The summed E-state index contributed by atoms with van der Waals surface area (Å²) in [5, 5.41) is 58.6. The molecule has 17 nitrogen and oxygen atoms in total. The number of carboxylic acids is 1.